The van der Waals surface area contributed by atoms with Gasteiger partial charge in [0.05, 0.1) is 4.90 Å². The highest BCUT2D eigenvalue weighted by Gasteiger charge is 2.18. The number of halogens is 1. The van der Waals surface area contributed by atoms with Gasteiger partial charge in [-0.15, -0.1) is 0 Å². The van der Waals surface area contributed by atoms with Crippen LogP contribution < -0.4 is 15.4 Å². The van der Waals surface area contributed by atoms with Gasteiger partial charge in [-0.25, -0.2) is 18.4 Å². The summed E-state index contributed by atoms with van der Waals surface area (Å²) >= 11 is 6.05. The van der Waals surface area contributed by atoms with Gasteiger partial charge in [0, 0.05) is 29.0 Å². The Labute approximate surface area is 175 Å². The number of nitrogens with one attached hydrogen (secondary N) is 3. The van der Waals surface area contributed by atoms with Gasteiger partial charge in [0.2, 0.25) is 0 Å². The minimum atomic E-state index is -3.74. The van der Waals surface area contributed by atoms with E-state index in [1.54, 1.807) is 43.3 Å². The van der Waals surface area contributed by atoms with Crippen LogP contribution in [0, 0.1) is 13.8 Å². The molecular formula is C20H22ClN5O2S. The molecule has 0 fully saturated rings. The molecule has 2 aromatic carbocycles. The first-order valence-electron chi connectivity index (χ1n) is 9.03. The predicted octanol–water partition coefficient (Wildman–Crippen LogP) is 4.72. The Kier molecular flexibility index (Phi) is 6.24. The Hall–Kier alpha value is -2.84. The molecule has 0 bridgehead atoms. The number of aromatic nitrogens is 2. The van der Waals surface area contributed by atoms with Crippen LogP contribution in [0.25, 0.3) is 0 Å². The smallest absolute Gasteiger partial charge is 0.262 e. The van der Waals surface area contributed by atoms with E-state index in [9.17, 15) is 8.42 Å². The minimum Gasteiger partial charge on any atom is -0.370 e. The highest BCUT2D eigenvalue weighted by molar-refractivity contribution is 7.92. The van der Waals surface area contributed by atoms with E-state index in [1.165, 1.54) is 6.07 Å². The quantitative estimate of drug-likeness (QED) is 0.500. The normalized spacial score (nSPS) is 11.2. The SMILES string of the molecule is CCNc1cc(Nc2ccc(NS(=O)(=O)c3cccc(Cl)c3C)cc2)nc(C)n1. The van der Waals surface area contributed by atoms with Crippen LogP contribution in [-0.2, 0) is 10.0 Å². The van der Waals surface area contributed by atoms with Gasteiger partial charge in [0.1, 0.15) is 17.5 Å². The Morgan fingerprint density at radius 2 is 1.62 bits per heavy atom. The molecule has 9 heteroatoms. The van der Waals surface area contributed by atoms with E-state index in [2.05, 4.69) is 25.3 Å². The molecule has 152 valence electrons. The van der Waals surface area contributed by atoms with Gasteiger partial charge in [-0.2, -0.15) is 0 Å². The zero-order valence-corrected chi connectivity index (χ0v) is 17.9. The Bertz CT molecular complexity index is 1120. The van der Waals surface area contributed by atoms with Crippen molar-refractivity contribution in [3.8, 4) is 0 Å². The molecule has 1 aromatic heterocycles. The molecule has 0 radical (unpaired) electrons. The summed E-state index contributed by atoms with van der Waals surface area (Å²) in [5.41, 5.74) is 1.73. The third-order valence-corrected chi connectivity index (χ3v) is 6.05. The van der Waals surface area contributed by atoms with Crippen molar-refractivity contribution in [2.75, 3.05) is 21.9 Å². The molecule has 1 heterocycles. The number of nitrogens with zero attached hydrogens (tertiary/aromatic N) is 2. The summed E-state index contributed by atoms with van der Waals surface area (Å²) in [6, 6.07) is 13.5. The molecule has 0 spiro atoms. The molecule has 0 saturated heterocycles. The average molecular weight is 432 g/mol. The van der Waals surface area contributed by atoms with Crippen molar-refractivity contribution in [3.63, 3.8) is 0 Å². The van der Waals surface area contributed by atoms with E-state index < -0.39 is 10.0 Å². The maximum atomic E-state index is 12.7. The first-order chi connectivity index (χ1) is 13.8. The molecule has 3 N–H and O–H groups in total. The Morgan fingerprint density at radius 3 is 2.31 bits per heavy atom. The van der Waals surface area contributed by atoms with Crippen LogP contribution in [0.15, 0.2) is 53.4 Å². The highest BCUT2D eigenvalue weighted by Crippen LogP contribution is 2.26. The second-order valence-electron chi connectivity index (χ2n) is 6.39. The molecule has 0 aliphatic carbocycles. The number of hydrogen-bond donors (Lipinski definition) is 3. The van der Waals surface area contributed by atoms with Crippen LogP contribution in [-0.4, -0.2) is 24.9 Å². The summed E-state index contributed by atoms with van der Waals surface area (Å²) in [4.78, 5) is 8.83. The lowest BCUT2D eigenvalue weighted by molar-refractivity contribution is 0.600. The van der Waals surface area contributed by atoms with Crippen molar-refractivity contribution in [2.24, 2.45) is 0 Å². The topological polar surface area (TPSA) is 96.0 Å². The zero-order chi connectivity index (χ0) is 21.0. The van der Waals surface area contributed by atoms with Crippen LogP contribution in [0.1, 0.15) is 18.3 Å². The number of aryl methyl sites for hydroxylation is 1. The first-order valence-corrected chi connectivity index (χ1v) is 10.9. The van der Waals surface area contributed by atoms with Gasteiger partial charge in [-0.05, 0) is 62.7 Å². The molecule has 0 atom stereocenters. The minimum absolute atomic E-state index is 0.152. The highest BCUT2D eigenvalue weighted by atomic mass is 35.5. The summed E-state index contributed by atoms with van der Waals surface area (Å²) < 4.78 is 27.9. The van der Waals surface area contributed by atoms with Crippen molar-refractivity contribution in [1.82, 2.24) is 9.97 Å². The number of anilines is 4. The average Bonchev–Trinajstić information content (AvgIpc) is 2.65. The predicted molar refractivity (Wildman–Crippen MR) is 118 cm³/mol. The van der Waals surface area contributed by atoms with Gasteiger partial charge in [0.15, 0.2) is 0 Å². The van der Waals surface area contributed by atoms with Crippen LogP contribution in [0.2, 0.25) is 5.02 Å². The Balaban J connectivity index is 1.76. The maximum absolute atomic E-state index is 12.7. The van der Waals surface area contributed by atoms with Gasteiger partial charge in [-0.3, -0.25) is 4.72 Å². The van der Waals surface area contributed by atoms with Gasteiger partial charge in [-0.1, -0.05) is 17.7 Å². The molecule has 29 heavy (non-hydrogen) atoms. The maximum Gasteiger partial charge on any atom is 0.262 e. The molecule has 7 nitrogen and oxygen atoms in total. The fourth-order valence-electron chi connectivity index (χ4n) is 2.76. The van der Waals surface area contributed by atoms with Crippen molar-refractivity contribution in [3.05, 3.63) is 64.9 Å². The van der Waals surface area contributed by atoms with Crippen LogP contribution in [0.5, 0.6) is 0 Å². The Morgan fingerprint density at radius 1 is 0.966 bits per heavy atom. The standard InChI is InChI=1S/C20H22ClN5O2S/c1-4-22-19-12-20(24-14(3)23-19)25-15-8-10-16(11-9-15)26-29(27,28)18-7-5-6-17(21)13(18)2/h5-12,26H,4H2,1-3H3,(H2,22,23,24,25). The van der Waals surface area contributed by atoms with Crippen molar-refractivity contribution in [2.45, 2.75) is 25.7 Å². The fourth-order valence-corrected chi connectivity index (χ4v) is 4.32. The van der Waals surface area contributed by atoms with E-state index in [1.807, 2.05) is 19.9 Å². The summed E-state index contributed by atoms with van der Waals surface area (Å²) in [7, 11) is -3.74. The van der Waals surface area contributed by atoms with E-state index in [-0.39, 0.29) is 4.90 Å². The number of sulfonamides is 1. The third kappa shape index (κ3) is 5.16. The summed E-state index contributed by atoms with van der Waals surface area (Å²) in [6.45, 7) is 6.25. The van der Waals surface area contributed by atoms with Crippen LogP contribution in [0.3, 0.4) is 0 Å². The number of rotatable bonds is 7. The van der Waals surface area contributed by atoms with Gasteiger partial charge < -0.3 is 10.6 Å². The van der Waals surface area contributed by atoms with E-state index >= 15 is 0 Å². The molecular weight excluding hydrogens is 410 g/mol. The van der Waals surface area contributed by atoms with Crippen LogP contribution in [0.4, 0.5) is 23.0 Å². The molecule has 0 unspecified atom stereocenters. The summed E-state index contributed by atoms with van der Waals surface area (Å²) in [5, 5.41) is 6.76. The lowest BCUT2D eigenvalue weighted by atomic mass is 10.2. The molecule has 0 amide bonds. The first kappa shape index (κ1) is 20.9. The fraction of sp³-hybridized carbons (Fsp3) is 0.200. The van der Waals surface area contributed by atoms with Crippen molar-refractivity contribution < 1.29 is 8.42 Å². The molecule has 3 aromatic rings. The molecule has 0 saturated carbocycles. The second kappa shape index (κ2) is 8.67. The van der Waals surface area contributed by atoms with E-state index in [0.29, 0.717) is 27.9 Å². The molecule has 0 aliphatic heterocycles. The molecule has 0 aliphatic rings. The van der Waals surface area contributed by atoms with Crippen LogP contribution >= 0.6 is 11.6 Å². The lowest BCUT2D eigenvalue weighted by Crippen LogP contribution is -2.14. The second-order valence-corrected chi connectivity index (χ2v) is 8.44. The van der Waals surface area contributed by atoms with Crippen molar-refractivity contribution >= 4 is 44.6 Å². The summed E-state index contributed by atoms with van der Waals surface area (Å²) in [5.74, 6) is 2.03. The monoisotopic (exact) mass is 431 g/mol. The molecule has 3 rings (SSSR count). The van der Waals surface area contributed by atoms with Crippen molar-refractivity contribution in [1.29, 1.82) is 0 Å². The number of benzene rings is 2. The lowest BCUT2D eigenvalue weighted by Gasteiger charge is -2.12. The largest absolute Gasteiger partial charge is 0.370 e. The van der Waals surface area contributed by atoms with Gasteiger partial charge in [0.25, 0.3) is 10.0 Å². The van der Waals surface area contributed by atoms with Gasteiger partial charge >= 0.3 is 0 Å². The zero-order valence-electron chi connectivity index (χ0n) is 16.3. The van der Waals surface area contributed by atoms with E-state index in [0.717, 1.165) is 18.1 Å². The third-order valence-electron chi connectivity index (χ3n) is 4.11. The van der Waals surface area contributed by atoms with E-state index in [4.69, 9.17) is 11.6 Å². The summed E-state index contributed by atoms with van der Waals surface area (Å²) in [6.07, 6.45) is 0. The number of hydrogen-bond acceptors (Lipinski definition) is 6.